The standard InChI is InChI=1S/C27H27F2N7O3/c1-15(2)20-6-7-21(32-26(20)29)25(17-5-3-4-16(8-17)23-12-30-14-39-23)33-27(38)22-9-18(28)13-36(22)24(37)10-19-11-31-35-34-19/h3-8,11-12,14-15,18,22,25H,9-10,13H2,1-2H3,(H,33,38)(H,31,34,35)/t18-,22+,25?/m1/s1. The Balaban J connectivity index is 1.46. The highest BCUT2D eigenvalue weighted by Gasteiger charge is 2.40. The van der Waals surface area contributed by atoms with E-state index in [4.69, 9.17) is 4.42 Å². The highest BCUT2D eigenvalue weighted by Crippen LogP contribution is 2.29. The maximum Gasteiger partial charge on any atom is 0.243 e. The summed E-state index contributed by atoms with van der Waals surface area (Å²) < 4.78 is 34.9. The number of oxazole rings is 1. The highest BCUT2D eigenvalue weighted by atomic mass is 19.1. The smallest absolute Gasteiger partial charge is 0.243 e. The van der Waals surface area contributed by atoms with Crippen molar-refractivity contribution in [2.24, 2.45) is 0 Å². The summed E-state index contributed by atoms with van der Waals surface area (Å²) in [5.41, 5.74) is 2.37. The van der Waals surface area contributed by atoms with Crippen LogP contribution in [0.3, 0.4) is 0 Å². The molecule has 0 bridgehead atoms. The lowest BCUT2D eigenvalue weighted by molar-refractivity contribution is -0.138. The van der Waals surface area contributed by atoms with Crippen LogP contribution in [0, 0.1) is 5.95 Å². The molecule has 4 aromatic rings. The van der Waals surface area contributed by atoms with Gasteiger partial charge in [0.1, 0.15) is 12.2 Å². The van der Waals surface area contributed by atoms with Crippen LogP contribution in [0.15, 0.2) is 59.6 Å². The Hall–Kier alpha value is -4.48. The van der Waals surface area contributed by atoms with E-state index in [1.807, 2.05) is 19.9 Å². The molecule has 3 atom stereocenters. The Kier molecular flexibility index (Phi) is 7.44. The summed E-state index contributed by atoms with van der Waals surface area (Å²) in [5.74, 6) is -1.23. The summed E-state index contributed by atoms with van der Waals surface area (Å²) in [6, 6.07) is 8.48. The summed E-state index contributed by atoms with van der Waals surface area (Å²) in [6.45, 7) is 3.51. The Morgan fingerprint density at radius 3 is 2.77 bits per heavy atom. The lowest BCUT2D eigenvalue weighted by Gasteiger charge is -2.26. The molecule has 39 heavy (non-hydrogen) atoms. The van der Waals surface area contributed by atoms with Gasteiger partial charge in [0.15, 0.2) is 12.2 Å². The average molecular weight is 536 g/mol. The number of hydrogen-bond acceptors (Lipinski definition) is 7. The molecule has 12 heteroatoms. The Bertz CT molecular complexity index is 1440. The second-order valence-corrected chi connectivity index (χ2v) is 9.74. The molecule has 0 radical (unpaired) electrons. The van der Waals surface area contributed by atoms with Gasteiger partial charge < -0.3 is 14.6 Å². The fourth-order valence-corrected chi connectivity index (χ4v) is 4.72. The van der Waals surface area contributed by atoms with Crippen molar-refractivity contribution >= 4 is 11.8 Å². The third-order valence-corrected chi connectivity index (χ3v) is 6.71. The van der Waals surface area contributed by atoms with Crippen LogP contribution in [0.5, 0.6) is 0 Å². The van der Waals surface area contributed by atoms with Gasteiger partial charge in [0.05, 0.1) is 42.8 Å². The van der Waals surface area contributed by atoms with Crippen LogP contribution >= 0.6 is 0 Å². The first kappa shape index (κ1) is 26.1. The van der Waals surface area contributed by atoms with E-state index < -0.39 is 36.0 Å². The molecule has 2 amide bonds. The van der Waals surface area contributed by atoms with Gasteiger partial charge in [-0.1, -0.05) is 38.1 Å². The van der Waals surface area contributed by atoms with Crippen molar-refractivity contribution in [1.82, 2.24) is 35.6 Å². The minimum atomic E-state index is -1.36. The van der Waals surface area contributed by atoms with Crippen molar-refractivity contribution in [3.8, 4) is 11.3 Å². The monoisotopic (exact) mass is 535 g/mol. The number of alkyl halides is 1. The molecule has 1 aromatic carbocycles. The van der Waals surface area contributed by atoms with E-state index in [0.717, 1.165) is 0 Å². The zero-order chi connectivity index (χ0) is 27.5. The third kappa shape index (κ3) is 5.69. The van der Waals surface area contributed by atoms with E-state index in [0.29, 0.717) is 28.1 Å². The van der Waals surface area contributed by atoms with Crippen LogP contribution in [-0.2, 0) is 16.0 Å². The van der Waals surface area contributed by atoms with Crippen LogP contribution < -0.4 is 5.32 Å². The number of nitrogens with zero attached hydrogens (tertiary/aromatic N) is 5. The predicted molar refractivity (Wildman–Crippen MR) is 135 cm³/mol. The van der Waals surface area contributed by atoms with Gasteiger partial charge in [-0.25, -0.2) is 14.4 Å². The number of nitrogens with one attached hydrogen (secondary N) is 2. The summed E-state index contributed by atoms with van der Waals surface area (Å²) in [7, 11) is 0. The van der Waals surface area contributed by atoms with Crippen LogP contribution in [0.2, 0.25) is 0 Å². The predicted octanol–water partition coefficient (Wildman–Crippen LogP) is 3.50. The molecule has 5 rings (SSSR count). The number of pyridine rings is 1. The zero-order valence-electron chi connectivity index (χ0n) is 21.3. The van der Waals surface area contributed by atoms with Gasteiger partial charge >= 0.3 is 0 Å². The normalized spacial score (nSPS) is 17.9. The molecule has 202 valence electrons. The first-order valence-corrected chi connectivity index (χ1v) is 12.5. The molecule has 3 aromatic heterocycles. The Morgan fingerprint density at radius 2 is 2.08 bits per heavy atom. The minimum absolute atomic E-state index is 0.0846. The van der Waals surface area contributed by atoms with E-state index in [1.165, 1.54) is 17.5 Å². The first-order valence-electron chi connectivity index (χ1n) is 12.5. The number of carbonyl (C=O) groups excluding carboxylic acids is 2. The Labute approximate surface area is 222 Å². The Morgan fingerprint density at radius 1 is 1.23 bits per heavy atom. The number of aromatic amines is 1. The minimum Gasteiger partial charge on any atom is -0.444 e. The van der Waals surface area contributed by atoms with Gasteiger partial charge in [-0.2, -0.15) is 19.8 Å². The van der Waals surface area contributed by atoms with Crippen LogP contribution in [0.4, 0.5) is 8.78 Å². The number of hydrogen-bond donors (Lipinski definition) is 2. The summed E-state index contributed by atoms with van der Waals surface area (Å²) >= 11 is 0. The van der Waals surface area contributed by atoms with E-state index in [1.54, 1.807) is 36.5 Å². The maximum absolute atomic E-state index is 15.0. The van der Waals surface area contributed by atoms with Crippen molar-refractivity contribution in [2.45, 2.75) is 50.9 Å². The molecule has 1 aliphatic heterocycles. The molecule has 0 spiro atoms. The largest absolute Gasteiger partial charge is 0.444 e. The van der Waals surface area contributed by atoms with Crippen LogP contribution in [-0.4, -0.2) is 60.9 Å². The number of H-pyrrole nitrogens is 1. The number of benzene rings is 1. The molecule has 1 unspecified atom stereocenters. The number of likely N-dealkylation sites (tertiary alicyclic amines) is 1. The van der Waals surface area contributed by atoms with Crippen molar-refractivity contribution in [3.63, 3.8) is 0 Å². The molecule has 1 fully saturated rings. The quantitative estimate of drug-likeness (QED) is 0.330. The molecule has 0 aliphatic carbocycles. The molecule has 4 heterocycles. The van der Waals surface area contributed by atoms with E-state index in [9.17, 15) is 18.4 Å². The fraction of sp³-hybridized carbons (Fsp3) is 0.333. The molecule has 2 N–H and O–H groups in total. The van der Waals surface area contributed by atoms with Crippen LogP contribution in [0.1, 0.15) is 54.7 Å². The van der Waals surface area contributed by atoms with E-state index in [-0.39, 0.29) is 31.0 Å². The fourth-order valence-electron chi connectivity index (χ4n) is 4.72. The molecule has 0 saturated carbocycles. The first-order chi connectivity index (χ1) is 18.8. The second kappa shape index (κ2) is 11.1. The molecular formula is C27H27F2N7O3. The second-order valence-electron chi connectivity index (χ2n) is 9.74. The van der Waals surface area contributed by atoms with E-state index >= 15 is 0 Å². The molecular weight excluding hydrogens is 508 g/mol. The van der Waals surface area contributed by atoms with Gasteiger partial charge in [-0.05, 0) is 23.6 Å². The van der Waals surface area contributed by atoms with Gasteiger partial charge in [0.25, 0.3) is 0 Å². The third-order valence-electron chi connectivity index (χ3n) is 6.71. The number of rotatable bonds is 8. The summed E-state index contributed by atoms with van der Waals surface area (Å²) in [5, 5.41) is 12.9. The zero-order valence-corrected chi connectivity index (χ0v) is 21.3. The van der Waals surface area contributed by atoms with Gasteiger partial charge in [-0.3, -0.25) is 9.59 Å². The lowest BCUT2D eigenvalue weighted by atomic mass is 9.97. The lowest BCUT2D eigenvalue weighted by Crippen LogP contribution is -2.47. The van der Waals surface area contributed by atoms with Gasteiger partial charge in [-0.15, -0.1) is 0 Å². The maximum atomic E-state index is 15.0. The van der Waals surface area contributed by atoms with Crippen molar-refractivity contribution in [3.05, 3.63) is 83.6 Å². The van der Waals surface area contributed by atoms with Gasteiger partial charge in [0, 0.05) is 17.5 Å². The number of amides is 2. The number of halogens is 2. The van der Waals surface area contributed by atoms with Crippen molar-refractivity contribution in [2.75, 3.05) is 6.54 Å². The highest BCUT2D eigenvalue weighted by molar-refractivity contribution is 5.89. The molecule has 1 aliphatic rings. The van der Waals surface area contributed by atoms with Crippen LogP contribution in [0.25, 0.3) is 11.3 Å². The molecule has 1 saturated heterocycles. The topological polar surface area (TPSA) is 130 Å². The SMILES string of the molecule is CC(C)c1ccc(C(NC(=O)[C@@H]2C[C@@H](F)CN2C(=O)Cc2cn[nH]n2)c2cccc(-c3cnco3)c2)nc1F. The summed E-state index contributed by atoms with van der Waals surface area (Å²) in [6.07, 6.45) is 2.61. The van der Waals surface area contributed by atoms with Gasteiger partial charge in [0.2, 0.25) is 17.8 Å². The summed E-state index contributed by atoms with van der Waals surface area (Å²) in [4.78, 5) is 35.9. The number of carbonyl (C=O) groups is 2. The van der Waals surface area contributed by atoms with Crippen molar-refractivity contribution < 1.29 is 22.8 Å². The van der Waals surface area contributed by atoms with Crippen molar-refractivity contribution in [1.29, 1.82) is 0 Å². The van der Waals surface area contributed by atoms with E-state index in [2.05, 4.69) is 30.7 Å². The average Bonchev–Trinajstić information content (AvgIpc) is 3.69. The molecule has 10 nitrogen and oxygen atoms in total. The number of aromatic nitrogens is 5.